The molecule has 2 atom stereocenters. The fourth-order valence-corrected chi connectivity index (χ4v) is 2.25. The van der Waals surface area contributed by atoms with Gasteiger partial charge in [0, 0.05) is 25.8 Å². The molecule has 2 unspecified atom stereocenters. The van der Waals surface area contributed by atoms with E-state index in [2.05, 4.69) is 17.0 Å². The predicted molar refractivity (Wildman–Crippen MR) is 56.2 cm³/mol. The SMILES string of the molecule is CC1CCC(=O)C(Cc2ncnn2C)C1. The van der Waals surface area contributed by atoms with Gasteiger partial charge >= 0.3 is 0 Å². The Balaban J connectivity index is 2.04. The minimum atomic E-state index is 0.164. The molecule has 1 aromatic heterocycles. The van der Waals surface area contributed by atoms with Crippen molar-refractivity contribution in [3.05, 3.63) is 12.2 Å². The summed E-state index contributed by atoms with van der Waals surface area (Å²) in [5.41, 5.74) is 0. The molecule has 1 aliphatic rings. The number of aryl methyl sites for hydroxylation is 1. The minimum absolute atomic E-state index is 0.164. The van der Waals surface area contributed by atoms with Crippen molar-refractivity contribution in [2.24, 2.45) is 18.9 Å². The van der Waals surface area contributed by atoms with E-state index in [9.17, 15) is 4.79 Å². The second-order valence-corrected chi connectivity index (χ2v) is 4.55. The van der Waals surface area contributed by atoms with Crippen molar-refractivity contribution < 1.29 is 4.79 Å². The number of Topliss-reactive ketones (excluding diaryl/α,β-unsaturated/α-hetero) is 1. The van der Waals surface area contributed by atoms with Gasteiger partial charge in [0.1, 0.15) is 17.9 Å². The lowest BCUT2D eigenvalue weighted by atomic mass is 9.80. The first-order valence-corrected chi connectivity index (χ1v) is 5.52. The molecule has 1 saturated carbocycles. The molecule has 4 heteroatoms. The summed E-state index contributed by atoms with van der Waals surface area (Å²) >= 11 is 0. The van der Waals surface area contributed by atoms with Crippen LogP contribution in [-0.4, -0.2) is 20.5 Å². The summed E-state index contributed by atoms with van der Waals surface area (Å²) in [7, 11) is 1.87. The third kappa shape index (κ3) is 2.25. The van der Waals surface area contributed by atoms with E-state index < -0.39 is 0 Å². The molecule has 0 amide bonds. The maximum absolute atomic E-state index is 11.7. The molecule has 2 rings (SSSR count). The standard InChI is InChI=1S/C11H17N3O/c1-8-3-4-10(15)9(5-8)6-11-12-7-13-14(11)2/h7-9H,3-6H2,1-2H3. The number of hydrogen-bond donors (Lipinski definition) is 0. The highest BCUT2D eigenvalue weighted by Gasteiger charge is 2.27. The molecule has 82 valence electrons. The molecular formula is C11H17N3O. The normalized spacial score (nSPS) is 26.9. The van der Waals surface area contributed by atoms with Crippen LogP contribution in [0.15, 0.2) is 6.33 Å². The number of carbonyl (C=O) groups excluding carboxylic acids is 1. The van der Waals surface area contributed by atoms with Gasteiger partial charge in [-0.25, -0.2) is 4.98 Å². The Bertz CT molecular complexity index is 358. The van der Waals surface area contributed by atoms with E-state index in [-0.39, 0.29) is 5.92 Å². The number of carbonyl (C=O) groups is 1. The summed E-state index contributed by atoms with van der Waals surface area (Å²) in [6.45, 7) is 2.22. The molecule has 1 fully saturated rings. The molecule has 15 heavy (non-hydrogen) atoms. The Morgan fingerprint density at radius 1 is 1.60 bits per heavy atom. The first-order chi connectivity index (χ1) is 7.16. The maximum Gasteiger partial charge on any atom is 0.138 e. The summed E-state index contributed by atoms with van der Waals surface area (Å²) in [5.74, 6) is 2.15. The van der Waals surface area contributed by atoms with Gasteiger partial charge in [-0.3, -0.25) is 9.48 Å². The minimum Gasteiger partial charge on any atom is -0.299 e. The largest absolute Gasteiger partial charge is 0.299 e. The molecule has 1 aliphatic carbocycles. The van der Waals surface area contributed by atoms with Gasteiger partial charge < -0.3 is 0 Å². The summed E-state index contributed by atoms with van der Waals surface area (Å²) < 4.78 is 1.76. The Morgan fingerprint density at radius 2 is 2.40 bits per heavy atom. The van der Waals surface area contributed by atoms with Gasteiger partial charge in [-0.1, -0.05) is 6.92 Å². The molecule has 0 bridgehead atoms. The molecule has 4 nitrogen and oxygen atoms in total. The summed E-state index contributed by atoms with van der Waals surface area (Å²) in [5, 5.41) is 4.02. The van der Waals surface area contributed by atoms with Crippen molar-refractivity contribution >= 4 is 5.78 Å². The predicted octanol–water partition coefficient (Wildman–Crippen LogP) is 1.36. The molecule has 0 radical (unpaired) electrons. The molecule has 0 saturated heterocycles. The average Bonchev–Trinajstić information content (AvgIpc) is 2.58. The van der Waals surface area contributed by atoms with Crippen molar-refractivity contribution in [2.45, 2.75) is 32.6 Å². The number of aromatic nitrogens is 3. The van der Waals surface area contributed by atoms with Crippen molar-refractivity contribution in [3.8, 4) is 0 Å². The fourth-order valence-electron chi connectivity index (χ4n) is 2.25. The van der Waals surface area contributed by atoms with Crippen LogP contribution in [0, 0.1) is 11.8 Å². The third-order valence-corrected chi connectivity index (χ3v) is 3.26. The second-order valence-electron chi connectivity index (χ2n) is 4.55. The molecule has 1 heterocycles. The van der Waals surface area contributed by atoms with Crippen molar-refractivity contribution in [3.63, 3.8) is 0 Å². The molecule has 0 N–H and O–H groups in total. The van der Waals surface area contributed by atoms with Gasteiger partial charge in [-0.15, -0.1) is 0 Å². The highest BCUT2D eigenvalue weighted by atomic mass is 16.1. The van der Waals surface area contributed by atoms with Crippen LogP contribution in [0.5, 0.6) is 0 Å². The van der Waals surface area contributed by atoms with Crippen LogP contribution in [0.25, 0.3) is 0 Å². The van der Waals surface area contributed by atoms with E-state index in [0.717, 1.165) is 31.5 Å². The van der Waals surface area contributed by atoms with E-state index in [1.807, 2.05) is 7.05 Å². The Morgan fingerprint density at radius 3 is 3.07 bits per heavy atom. The monoisotopic (exact) mass is 207 g/mol. The van der Waals surface area contributed by atoms with Gasteiger partial charge in [0.25, 0.3) is 0 Å². The molecule has 1 aromatic rings. The van der Waals surface area contributed by atoms with Crippen LogP contribution in [-0.2, 0) is 18.3 Å². The van der Waals surface area contributed by atoms with E-state index >= 15 is 0 Å². The molecular weight excluding hydrogens is 190 g/mol. The van der Waals surface area contributed by atoms with E-state index in [1.54, 1.807) is 11.0 Å². The maximum atomic E-state index is 11.7. The fraction of sp³-hybridized carbons (Fsp3) is 0.727. The van der Waals surface area contributed by atoms with Crippen molar-refractivity contribution in [2.75, 3.05) is 0 Å². The molecule has 0 aliphatic heterocycles. The first kappa shape index (κ1) is 10.3. The van der Waals surface area contributed by atoms with Gasteiger partial charge in [0.05, 0.1) is 0 Å². The van der Waals surface area contributed by atoms with E-state index in [4.69, 9.17) is 0 Å². The van der Waals surface area contributed by atoms with Gasteiger partial charge in [0.2, 0.25) is 0 Å². The lowest BCUT2D eigenvalue weighted by molar-refractivity contribution is -0.125. The zero-order valence-electron chi connectivity index (χ0n) is 9.31. The topological polar surface area (TPSA) is 47.8 Å². The quantitative estimate of drug-likeness (QED) is 0.735. The van der Waals surface area contributed by atoms with E-state index in [1.165, 1.54) is 0 Å². The van der Waals surface area contributed by atoms with Crippen molar-refractivity contribution in [1.82, 2.24) is 14.8 Å². The second kappa shape index (κ2) is 4.13. The van der Waals surface area contributed by atoms with Crippen molar-refractivity contribution in [1.29, 1.82) is 0 Å². The lowest BCUT2D eigenvalue weighted by Crippen LogP contribution is -2.26. The average molecular weight is 207 g/mol. The van der Waals surface area contributed by atoms with Crippen LogP contribution < -0.4 is 0 Å². The highest BCUT2D eigenvalue weighted by molar-refractivity contribution is 5.81. The first-order valence-electron chi connectivity index (χ1n) is 5.52. The molecule has 0 spiro atoms. The molecule has 0 aromatic carbocycles. The zero-order chi connectivity index (χ0) is 10.8. The van der Waals surface area contributed by atoms with Gasteiger partial charge in [0.15, 0.2) is 0 Å². The Labute approximate surface area is 89.7 Å². The van der Waals surface area contributed by atoms with Gasteiger partial charge in [-0.2, -0.15) is 5.10 Å². The van der Waals surface area contributed by atoms with Crippen LogP contribution in [0.1, 0.15) is 32.0 Å². The number of hydrogen-bond acceptors (Lipinski definition) is 3. The summed E-state index contributed by atoms with van der Waals surface area (Å²) in [6.07, 6.45) is 5.09. The summed E-state index contributed by atoms with van der Waals surface area (Å²) in [4.78, 5) is 15.9. The Hall–Kier alpha value is -1.19. The van der Waals surface area contributed by atoms with Crippen LogP contribution in [0.4, 0.5) is 0 Å². The zero-order valence-corrected chi connectivity index (χ0v) is 9.31. The lowest BCUT2D eigenvalue weighted by Gasteiger charge is -2.24. The van der Waals surface area contributed by atoms with Crippen LogP contribution in [0.2, 0.25) is 0 Å². The Kier molecular flexibility index (Phi) is 2.84. The number of ketones is 1. The highest BCUT2D eigenvalue weighted by Crippen LogP contribution is 2.27. The van der Waals surface area contributed by atoms with Gasteiger partial charge in [-0.05, 0) is 18.8 Å². The summed E-state index contributed by atoms with van der Waals surface area (Å²) in [6, 6.07) is 0. The third-order valence-electron chi connectivity index (χ3n) is 3.26. The number of nitrogens with zero attached hydrogens (tertiary/aromatic N) is 3. The number of rotatable bonds is 2. The smallest absolute Gasteiger partial charge is 0.138 e. The van der Waals surface area contributed by atoms with Crippen LogP contribution >= 0.6 is 0 Å². The van der Waals surface area contributed by atoms with E-state index in [0.29, 0.717) is 11.7 Å². The van der Waals surface area contributed by atoms with Crippen LogP contribution in [0.3, 0.4) is 0 Å².